The number of hydrogen-bond donors (Lipinski definition) is 3. The molecule has 0 aliphatic heterocycles. The van der Waals surface area contributed by atoms with E-state index in [4.69, 9.17) is 16.6 Å². The normalized spacial score (nSPS) is 10.1. The van der Waals surface area contributed by atoms with Crippen molar-refractivity contribution in [2.75, 3.05) is 12.3 Å². The second-order valence-electron chi connectivity index (χ2n) is 3.16. The molecule has 0 atom stereocenters. The molecule has 1 aromatic rings. The highest BCUT2D eigenvalue weighted by Gasteiger charge is 2.21. The number of nitrogens with two attached hydrogens (primary N) is 2. The Balaban J connectivity index is 3.47. The second-order valence-corrected chi connectivity index (χ2v) is 3.16. The molecule has 0 aromatic heterocycles. The molecule has 0 unspecified atom stereocenters. The Labute approximate surface area is 90.8 Å². The minimum absolute atomic E-state index is 0.0190. The molecule has 0 fully saturated rings. The first-order valence-corrected chi connectivity index (χ1v) is 4.44. The van der Waals surface area contributed by atoms with Gasteiger partial charge in [0, 0.05) is 30.3 Å². The van der Waals surface area contributed by atoms with Crippen LogP contribution in [-0.2, 0) is 6.42 Å². The predicted molar refractivity (Wildman–Crippen MR) is 56.8 cm³/mol. The maximum Gasteiger partial charge on any atom is 0.275 e. The summed E-state index contributed by atoms with van der Waals surface area (Å²) in [7, 11) is 0. The third kappa shape index (κ3) is 2.26. The van der Waals surface area contributed by atoms with Gasteiger partial charge in [-0.2, -0.15) is 0 Å². The zero-order valence-electron chi connectivity index (χ0n) is 8.34. The molecule has 0 aliphatic carbocycles. The monoisotopic (exact) mass is 225 g/mol. The van der Waals surface area contributed by atoms with Crippen LogP contribution in [0.3, 0.4) is 0 Å². The number of aliphatic hydroxyl groups excluding tert-OH is 1. The van der Waals surface area contributed by atoms with Crippen LogP contribution in [0.25, 0.3) is 0 Å². The van der Waals surface area contributed by atoms with E-state index in [1.165, 1.54) is 6.07 Å². The van der Waals surface area contributed by atoms with Gasteiger partial charge >= 0.3 is 0 Å². The molecule has 0 aliphatic rings. The molecule has 7 nitrogen and oxygen atoms in total. The molecular weight excluding hydrogens is 214 g/mol. The number of nitro benzene ring substituents is 1. The fraction of sp³-hybridized carbons (Fsp3) is 0.222. The van der Waals surface area contributed by atoms with Crippen LogP contribution in [0.15, 0.2) is 12.1 Å². The molecule has 1 aromatic carbocycles. The lowest BCUT2D eigenvalue weighted by Crippen LogP contribution is -2.16. The summed E-state index contributed by atoms with van der Waals surface area (Å²) in [5, 5.41) is 19.5. The number of nitro groups is 1. The molecule has 0 spiro atoms. The van der Waals surface area contributed by atoms with Crippen LogP contribution in [-0.4, -0.2) is 22.5 Å². The lowest BCUT2D eigenvalue weighted by Gasteiger charge is -2.07. The number of carbonyl (C=O) groups excluding carboxylic acids is 1. The Morgan fingerprint density at radius 2 is 2.12 bits per heavy atom. The van der Waals surface area contributed by atoms with Crippen LogP contribution in [0, 0.1) is 10.1 Å². The Bertz CT molecular complexity index is 409. The van der Waals surface area contributed by atoms with Gasteiger partial charge in [0.2, 0.25) is 5.91 Å². The van der Waals surface area contributed by atoms with E-state index in [0.29, 0.717) is 0 Å². The van der Waals surface area contributed by atoms with Gasteiger partial charge in [0.1, 0.15) is 0 Å². The summed E-state index contributed by atoms with van der Waals surface area (Å²) in [4.78, 5) is 21.2. The lowest BCUT2D eigenvalue weighted by molar-refractivity contribution is -0.385. The van der Waals surface area contributed by atoms with E-state index in [1.54, 1.807) is 0 Å². The molecular formula is C9H11N3O4. The molecule has 16 heavy (non-hydrogen) atoms. The van der Waals surface area contributed by atoms with Gasteiger partial charge in [-0.3, -0.25) is 14.9 Å². The van der Waals surface area contributed by atoms with E-state index in [9.17, 15) is 14.9 Å². The van der Waals surface area contributed by atoms with Gasteiger partial charge < -0.3 is 16.6 Å². The number of primary amides is 1. The van der Waals surface area contributed by atoms with Crippen LogP contribution in [0.5, 0.6) is 0 Å². The summed E-state index contributed by atoms with van der Waals surface area (Å²) in [6, 6.07) is 2.40. The van der Waals surface area contributed by atoms with Crippen molar-refractivity contribution >= 4 is 17.3 Å². The molecule has 0 bridgehead atoms. The van der Waals surface area contributed by atoms with Crippen molar-refractivity contribution in [2.45, 2.75) is 6.42 Å². The van der Waals surface area contributed by atoms with E-state index >= 15 is 0 Å². The summed E-state index contributed by atoms with van der Waals surface area (Å²) in [6.45, 7) is -0.314. The Morgan fingerprint density at radius 1 is 1.50 bits per heavy atom. The Kier molecular flexibility index (Phi) is 3.41. The van der Waals surface area contributed by atoms with Gasteiger partial charge in [0.15, 0.2) is 0 Å². The van der Waals surface area contributed by atoms with Gasteiger partial charge in [0.05, 0.1) is 10.5 Å². The van der Waals surface area contributed by atoms with Crippen LogP contribution < -0.4 is 11.5 Å². The molecule has 86 valence electrons. The number of anilines is 1. The fourth-order valence-corrected chi connectivity index (χ4v) is 1.44. The van der Waals surface area contributed by atoms with E-state index < -0.39 is 10.8 Å². The lowest BCUT2D eigenvalue weighted by atomic mass is 10.0. The van der Waals surface area contributed by atoms with Crippen LogP contribution in [0.2, 0.25) is 0 Å². The number of rotatable bonds is 4. The number of hydrogen-bond acceptors (Lipinski definition) is 5. The Morgan fingerprint density at radius 3 is 2.56 bits per heavy atom. The maximum atomic E-state index is 11.1. The summed E-state index contributed by atoms with van der Waals surface area (Å²) in [6.07, 6.45) is -0.0190. The number of nitrogen functional groups attached to an aromatic ring is 1. The van der Waals surface area contributed by atoms with Crippen molar-refractivity contribution in [3.63, 3.8) is 0 Å². The third-order valence-electron chi connectivity index (χ3n) is 2.07. The van der Waals surface area contributed by atoms with Gasteiger partial charge in [-0.1, -0.05) is 0 Å². The molecule has 0 saturated carbocycles. The Hall–Kier alpha value is -2.15. The fourth-order valence-electron chi connectivity index (χ4n) is 1.44. The maximum absolute atomic E-state index is 11.1. The SMILES string of the molecule is NC(=O)c1cc(N)cc([N+](=O)[O-])c1CCO. The van der Waals surface area contributed by atoms with E-state index in [1.807, 2.05) is 0 Å². The molecule has 0 heterocycles. The first kappa shape index (κ1) is 11.9. The minimum Gasteiger partial charge on any atom is -0.399 e. The summed E-state index contributed by atoms with van der Waals surface area (Å²) >= 11 is 0. The highest BCUT2D eigenvalue weighted by atomic mass is 16.6. The predicted octanol–water partition coefficient (Wildman–Crippen LogP) is -0.189. The molecule has 7 heteroatoms. The van der Waals surface area contributed by atoms with Gasteiger partial charge in [-0.15, -0.1) is 0 Å². The summed E-state index contributed by atoms with van der Waals surface area (Å²) < 4.78 is 0. The number of nitrogens with zero attached hydrogens (tertiary/aromatic N) is 1. The quantitative estimate of drug-likeness (QED) is 0.371. The van der Waals surface area contributed by atoms with Crippen molar-refractivity contribution < 1.29 is 14.8 Å². The molecule has 0 radical (unpaired) electrons. The van der Waals surface area contributed by atoms with E-state index in [-0.39, 0.29) is 35.5 Å². The smallest absolute Gasteiger partial charge is 0.275 e. The second kappa shape index (κ2) is 4.58. The highest BCUT2D eigenvalue weighted by Crippen LogP contribution is 2.26. The van der Waals surface area contributed by atoms with Crippen molar-refractivity contribution in [2.24, 2.45) is 5.73 Å². The standard InChI is InChI=1S/C9H11N3O4/c10-5-3-7(9(11)14)6(1-2-13)8(4-5)12(15)16/h3-4,13H,1-2,10H2,(H2,11,14). The number of amides is 1. The van der Waals surface area contributed by atoms with Crippen LogP contribution in [0.4, 0.5) is 11.4 Å². The van der Waals surface area contributed by atoms with Gasteiger partial charge in [-0.05, 0) is 6.07 Å². The zero-order valence-corrected chi connectivity index (χ0v) is 8.34. The first-order chi connectivity index (χ1) is 7.47. The van der Waals surface area contributed by atoms with E-state index in [2.05, 4.69) is 0 Å². The largest absolute Gasteiger partial charge is 0.399 e. The molecule has 1 amide bonds. The minimum atomic E-state index is -0.807. The average molecular weight is 225 g/mol. The summed E-state index contributed by atoms with van der Waals surface area (Å²) in [5.41, 5.74) is 10.4. The number of benzene rings is 1. The van der Waals surface area contributed by atoms with Crippen LogP contribution in [0.1, 0.15) is 15.9 Å². The van der Waals surface area contributed by atoms with Crippen LogP contribution >= 0.6 is 0 Å². The van der Waals surface area contributed by atoms with Crippen molar-refractivity contribution in [3.8, 4) is 0 Å². The number of carbonyl (C=O) groups is 1. The number of aliphatic hydroxyl groups is 1. The first-order valence-electron chi connectivity index (χ1n) is 4.44. The van der Waals surface area contributed by atoms with E-state index in [0.717, 1.165) is 6.07 Å². The topological polar surface area (TPSA) is 132 Å². The summed E-state index contributed by atoms with van der Waals surface area (Å²) in [5.74, 6) is -0.807. The average Bonchev–Trinajstić information content (AvgIpc) is 2.19. The highest BCUT2D eigenvalue weighted by molar-refractivity contribution is 5.96. The molecule has 1 rings (SSSR count). The molecule has 0 saturated heterocycles. The van der Waals surface area contributed by atoms with Crippen molar-refractivity contribution in [1.82, 2.24) is 0 Å². The van der Waals surface area contributed by atoms with Crippen molar-refractivity contribution in [1.29, 1.82) is 0 Å². The van der Waals surface area contributed by atoms with Gasteiger partial charge in [0.25, 0.3) is 5.69 Å². The zero-order chi connectivity index (χ0) is 12.3. The third-order valence-corrected chi connectivity index (χ3v) is 2.07. The molecule has 5 N–H and O–H groups in total. The van der Waals surface area contributed by atoms with Gasteiger partial charge in [-0.25, -0.2) is 0 Å². The van der Waals surface area contributed by atoms with Crippen molar-refractivity contribution in [3.05, 3.63) is 33.4 Å².